The van der Waals surface area contributed by atoms with Crippen molar-refractivity contribution in [2.24, 2.45) is 0 Å². The molecule has 0 atom stereocenters. The van der Waals surface area contributed by atoms with Crippen molar-refractivity contribution in [3.8, 4) is 11.5 Å². The van der Waals surface area contributed by atoms with Crippen molar-refractivity contribution in [3.63, 3.8) is 0 Å². The first-order chi connectivity index (χ1) is 12.5. The van der Waals surface area contributed by atoms with Crippen LogP contribution in [0.3, 0.4) is 0 Å². The Labute approximate surface area is 156 Å². The molecule has 27 heavy (non-hydrogen) atoms. The number of carboxylic acids is 1. The molecule has 0 fully saturated rings. The molecule has 1 aliphatic heterocycles. The highest BCUT2D eigenvalue weighted by Gasteiger charge is 2.33. The first kappa shape index (κ1) is 19.1. The number of hydrogen-bond donors (Lipinski definition) is 1. The van der Waals surface area contributed by atoms with E-state index in [9.17, 15) is 18.7 Å². The highest BCUT2D eigenvalue weighted by Crippen LogP contribution is 2.38. The molecule has 0 bridgehead atoms. The van der Waals surface area contributed by atoms with Crippen molar-refractivity contribution >= 4 is 5.97 Å². The molecule has 0 unspecified atom stereocenters. The van der Waals surface area contributed by atoms with Gasteiger partial charge in [-0.2, -0.15) is 0 Å². The van der Waals surface area contributed by atoms with E-state index in [4.69, 9.17) is 9.47 Å². The standard InChI is InChI=1S/C21H22F2O4/c1-20(2)10-12-6-5-7-13(17(12)27-20)11-26-18-15(22)8-14(9-16(18)23)21(3,4)19(24)25/h5-9H,10-11H2,1-4H3,(H,24,25). The maximum Gasteiger partial charge on any atom is 0.313 e. The zero-order valence-electron chi connectivity index (χ0n) is 15.7. The van der Waals surface area contributed by atoms with E-state index in [1.54, 1.807) is 6.07 Å². The Morgan fingerprint density at radius 1 is 1.26 bits per heavy atom. The summed E-state index contributed by atoms with van der Waals surface area (Å²) in [4.78, 5) is 11.3. The van der Waals surface area contributed by atoms with Crippen LogP contribution in [-0.2, 0) is 23.2 Å². The predicted molar refractivity (Wildman–Crippen MR) is 96.2 cm³/mol. The molecule has 0 saturated carbocycles. The largest absolute Gasteiger partial charge is 0.487 e. The van der Waals surface area contributed by atoms with Gasteiger partial charge in [0.2, 0.25) is 0 Å². The number of carboxylic acid groups (broad SMARTS) is 1. The average molecular weight is 376 g/mol. The normalized spacial score (nSPS) is 15.2. The number of fused-ring (bicyclic) bond motifs is 1. The van der Waals surface area contributed by atoms with Gasteiger partial charge in [0.15, 0.2) is 17.4 Å². The molecule has 0 amide bonds. The fourth-order valence-corrected chi connectivity index (χ4v) is 3.13. The van der Waals surface area contributed by atoms with Gasteiger partial charge in [0, 0.05) is 12.0 Å². The van der Waals surface area contributed by atoms with Gasteiger partial charge < -0.3 is 14.6 Å². The van der Waals surface area contributed by atoms with Crippen LogP contribution < -0.4 is 9.47 Å². The van der Waals surface area contributed by atoms with E-state index in [1.807, 2.05) is 26.0 Å². The van der Waals surface area contributed by atoms with Gasteiger partial charge in [-0.3, -0.25) is 4.79 Å². The minimum Gasteiger partial charge on any atom is -0.487 e. The summed E-state index contributed by atoms with van der Waals surface area (Å²) in [5.41, 5.74) is 0.00857. The lowest BCUT2D eigenvalue weighted by Gasteiger charge is -2.21. The SMILES string of the molecule is CC1(C)Cc2cccc(COc3c(F)cc(C(C)(C)C(=O)O)cc3F)c2O1. The fourth-order valence-electron chi connectivity index (χ4n) is 3.13. The number of aliphatic carboxylic acids is 1. The molecular formula is C21H22F2O4. The molecule has 1 aliphatic rings. The van der Waals surface area contributed by atoms with Crippen LogP contribution in [0.1, 0.15) is 44.4 Å². The maximum atomic E-state index is 14.4. The van der Waals surface area contributed by atoms with E-state index in [0.717, 1.165) is 24.1 Å². The van der Waals surface area contributed by atoms with E-state index >= 15 is 0 Å². The molecule has 144 valence electrons. The summed E-state index contributed by atoms with van der Waals surface area (Å²) in [5.74, 6) is -2.89. The second-order valence-corrected chi connectivity index (χ2v) is 7.93. The Morgan fingerprint density at radius 3 is 2.48 bits per heavy atom. The van der Waals surface area contributed by atoms with Crippen molar-refractivity contribution in [2.45, 2.75) is 51.7 Å². The van der Waals surface area contributed by atoms with Crippen LogP contribution in [-0.4, -0.2) is 16.7 Å². The Hall–Kier alpha value is -2.63. The van der Waals surface area contributed by atoms with Gasteiger partial charge in [0.1, 0.15) is 18.0 Å². The molecule has 2 aromatic carbocycles. The maximum absolute atomic E-state index is 14.4. The second-order valence-electron chi connectivity index (χ2n) is 7.93. The Balaban J connectivity index is 1.85. The third-order valence-electron chi connectivity index (χ3n) is 4.80. The third-order valence-corrected chi connectivity index (χ3v) is 4.80. The lowest BCUT2D eigenvalue weighted by Crippen LogP contribution is -2.28. The van der Waals surface area contributed by atoms with Crippen molar-refractivity contribution < 1.29 is 28.2 Å². The van der Waals surface area contributed by atoms with Crippen LogP contribution in [0.4, 0.5) is 8.78 Å². The zero-order valence-corrected chi connectivity index (χ0v) is 15.7. The van der Waals surface area contributed by atoms with E-state index in [1.165, 1.54) is 13.8 Å². The van der Waals surface area contributed by atoms with Gasteiger partial charge >= 0.3 is 5.97 Å². The van der Waals surface area contributed by atoms with Gasteiger partial charge in [-0.25, -0.2) is 8.78 Å². The molecule has 0 saturated heterocycles. The molecule has 4 nitrogen and oxygen atoms in total. The summed E-state index contributed by atoms with van der Waals surface area (Å²) in [6, 6.07) is 7.60. The Morgan fingerprint density at radius 2 is 1.89 bits per heavy atom. The van der Waals surface area contributed by atoms with E-state index in [2.05, 4.69) is 0 Å². The summed E-state index contributed by atoms with van der Waals surface area (Å²) in [7, 11) is 0. The van der Waals surface area contributed by atoms with Crippen molar-refractivity contribution in [2.75, 3.05) is 0 Å². The lowest BCUT2D eigenvalue weighted by atomic mass is 9.84. The van der Waals surface area contributed by atoms with Gasteiger partial charge in [-0.1, -0.05) is 18.2 Å². The van der Waals surface area contributed by atoms with Crippen molar-refractivity contribution in [3.05, 3.63) is 58.7 Å². The number of rotatable bonds is 5. The third kappa shape index (κ3) is 3.61. The highest BCUT2D eigenvalue weighted by atomic mass is 19.1. The van der Waals surface area contributed by atoms with E-state index in [-0.39, 0.29) is 17.8 Å². The molecule has 1 heterocycles. The Bertz CT molecular complexity index is 880. The minimum absolute atomic E-state index is 0.0306. The lowest BCUT2D eigenvalue weighted by molar-refractivity contribution is -0.142. The first-order valence-corrected chi connectivity index (χ1v) is 8.67. The number of hydrogen-bond acceptors (Lipinski definition) is 3. The average Bonchev–Trinajstić information content (AvgIpc) is 2.88. The van der Waals surface area contributed by atoms with Gasteiger partial charge in [-0.05, 0) is 51.0 Å². The topological polar surface area (TPSA) is 55.8 Å². The number of ether oxygens (including phenoxy) is 2. The molecule has 2 aromatic rings. The van der Waals surface area contributed by atoms with Crippen LogP contribution in [0, 0.1) is 11.6 Å². The second kappa shape index (κ2) is 6.51. The van der Waals surface area contributed by atoms with Crippen LogP contribution in [0.5, 0.6) is 11.5 Å². The summed E-state index contributed by atoms with van der Waals surface area (Å²) in [6.07, 6.45) is 0.748. The summed E-state index contributed by atoms with van der Waals surface area (Å²) in [5, 5.41) is 9.24. The molecule has 0 aliphatic carbocycles. The fraction of sp³-hybridized carbons (Fsp3) is 0.381. The summed E-state index contributed by atoms with van der Waals surface area (Å²) in [6.45, 7) is 6.65. The van der Waals surface area contributed by atoms with E-state index in [0.29, 0.717) is 11.3 Å². The number of para-hydroxylation sites is 1. The monoisotopic (exact) mass is 376 g/mol. The minimum atomic E-state index is -1.42. The summed E-state index contributed by atoms with van der Waals surface area (Å²) >= 11 is 0. The molecule has 0 aromatic heterocycles. The van der Waals surface area contributed by atoms with Crippen molar-refractivity contribution in [1.82, 2.24) is 0 Å². The molecule has 0 spiro atoms. The number of halogens is 2. The van der Waals surface area contributed by atoms with Crippen LogP contribution >= 0.6 is 0 Å². The zero-order chi connectivity index (χ0) is 20.0. The van der Waals surface area contributed by atoms with E-state index < -0.39 is 28.8 Å². The molecule has 1 N–H and O–H groups in total. The Kier molecular flexibility index (Phi) is 4.62. The van der Waals surface area contributed by atoms with Crippen LogP contribution in [0.25, 0.3) is 0 Å². The predicted octanol–water partition coefficient (Wildman–Crippen LogP) is 4.62. The molecule has 0 radical (unpaired) electrons. The molecular weight excluding hydrogens is 354 g/mol. The van der Waals surface area contributed by atoms with Crippen molar-refractivity contribution in [1.29, 1.82) is 0 Å². The number of carbonyl (C=O) groups is 1. The molecule has 3 rings (SSSR count). The van der Waals surface area contributed by atoms with Gasteiger partial charge in [-0.15, -0.1) is 0 Å². The quantitative estimate of drug-likeness (QED) is 0.827. The van der Waals surface area contributed by atoms with Gasteiger partial charge in [0.05, 0.1) is 5.41 Å². The van der Waals surface area contributed by atoms with Gasteiger partial charge in [0.25, 0.3) is 0 Å². The molecule has 6 heteroatoms. The first-order valence-electron chi connectivity index (χ1n) is 8.67. The van der Waals surface area contributed by atoms with Crippen LogP contribution in [0.2, 0.25) is 0 Å². The highest BCUT2D eigenvalue weighted by molar-refractivity contribution is 5.80. The number of benzene rings is 2. The summed E-state index contributed by atoms with van der Waals surface area (Å²) < 4.78 is 40.2. The van der Waals surface area contributed by atoms with Crippen LogP contribution in [0.15, 0.2) is 30.3 Å². The smallest absolute Gasteiger partial charge is 0.313 e.